The number of benzene rings is 2. The van der Waals surface area contributed by atoms with E-state index in [2.05, 4.69) is 83.1 Å². The van der Waals surface area contributed by atoms with E-state index in [1.807, 2.05) is 12.1 Å². The van der Waals surface area contributed by atoms with E-state index in [-0.39, 0.29) is 28.9 Å². The smallest absolute Gasteiger partial charge is 0.261 e. The van der Waals surface area contributed by atoms with E-state index in [0.29, 0.717) is 6.61 Å². The van der Waals surface area contributed by atoms with Crippen molar-refractivity contribution in [1.82, 2.24) is 0 Å². The molecule has 5 heteroatoms. The van der Waals surface area contributed by atoms with Crippen LogP contribution in [-0.2, 0) is 18.7 Å². The number of carbonyl (C=O) groups excluding carboxylic acids is 1. The van der Waals surface area contributed by atoms with Gasteiger partial charge in [0.2, 0.25) is 0 Å². The second-order valence-electron chi connectivity index (χ2n) is 9.88. The molecule has 2 aromatic carbocycles. The third kappa shape index (κ3) is 4.44. The zero-order chi connectivity index (χ0) is 22.0. The topological polar surface area (TPSA) is 44.8 Å². The van der Waals surface area contributed by atoms with Gasteiger partial charge in [0, 0.05) is 5.41 Å². The van der Waals surface area contributed by atoms with Crippen molar-refractivity contribution in [2.24, 2.45) is 5.41 Å². The first-order chi connectivity index (χ1) is 14.1. The SMILES string of the molecule is CC(=O)CO[C@H]1OCC(C)(C)[C@@H]1O[Si](c1ccccc1)(c1ccccc1)C(C)(C)C. The largest absolute Gasteiger partial charge is 0.399 e. The van der Waals surface area contributed by atoms with Gasteiger partial charge in [-0.2, -0.15) is 0 Å². The molecule has 4 nitrogen and oxygen atoms in total. The molecule has 1 aliphatic rings. The molecule has 1 saturated heterocycles. The summed E-state index contributed by atoms with van der Waals surface area (Å²) in [7, 11) is -2.75. The van der Waals surface area contributed by atoms with Crippen molar-refractivity contribution in [3.63, 3.8) is 0 Å². The first-order valence-corrected chi connectivity index (χ1v) is 12.5. The average Bonchev–Trinajstić information content (AvgIpc) is 2.98. The molecule has 0 aromatic heterocycles. The molecule has 0 aliphatic carbocycles. The zero-order valence-corrected chi connectivity index (χ0v) is 20.0. The van der Waals surface area contributed by atoms with Crippen LogP contribution >= 0.6 is 0 Å². The lowest BCUT2D eigenvalue weighted by molar-refractivity contribution is -0.158. The molecule has 2 atom stereocenters. The van der Waals surface area contributed by atoms with Gasteiger partial charge in [-0.15, -0.1) is 0 Å². The van der Waals surface area contributed by atoms with Gasteiger partial charge >= 0.3 is 0 Å². The van der Waals surface area contributed by atoms with E-state index in [0.717, 1.165) is 0 Å². The monoisotopic (exact) mass is 426 g/mol. The Balaban J connectivity index is 2.13. The summed E-state index contributed by atoms with van der Waals surface area (Å²) in [5.41, 5.74) is -0.242. The Bertz CT molecular complexity index is 803. The first-order valence-electron chi connectivity index (χ1n) is 10.6. The molecule has 0 amide bonds. The van der Waals surface area contributed by atoms with Crippen molar-refractivity contribution in [3.8, 4) is 0 Å². The maximum absolute atomic E-state index is 11.5. The van der Waals surface area contributed by atoms with Crippen molar-refractivity contribution >= 4 is 24.5 Å². The van der Waals surface area contributed by atoms with Crippen LogP contribution in [0.3, 0.4) is 0 Å². The predicted octanol–water partition coefficient (Wildman–Crippen LogP) is 3.92. The van der Waals surface area contributed by atoms with Crippen LogP contribution in [-0.4, -0.2) is 39.7 Å². The fourth-order valence-electron chi connectivity index (χ4n) is 4.27. The summed E-state index contributed by atoms with van der Waals surface area (Å²) in [6, 6.07) is 21.1. The van der Waals surface area contributed by atoms with Gasteiger partial charge in [0.25, 0.3) is 8.32 Å². The Labute approximate surface area is 181 Å². The molecular weight excluding hydrogens is 392 g/mol. The summed E-state index contributed by atoms with van der Waals surface area (Å²) in [6.45, 7) is 13.1. The van der Waals surface area contributed by atoms with Gasteiger partial charge in [0.15, 0.2) is 12.1 Å². The summed E-state index contributed by atoms with van der Waals surface area (Å²) in [5.74, 6) is -0.0208. The number of rotatable bonds is 7. The molecule has 1 aliphatic heterocycles. The Morgan fingerprint density at radius 3 is 1.97 bits per heavy atom. The fourth-order valence-corrected chi connectivity index (χ4v) is 9.09. The second kappa shape index (κ2) is 8.75. The van der Waals surface area contributed by atoms with Gasteiger partial charge in [-0.3, -0.25) is 4.79 Å². The normalized spacial score (nSPS) is 21.5. The molecule has 162 valence electrons. The molecule has 2 aromatic rings. The first kappa shape index (κ1) is 22.9. The van der Waals surface area contributed by atoms with Crippen LogP contribution in [0, 0.1) is 5.41 Å². The lowest BCUT2D eigenvalue weighted by Gasteiger charge is -2.47. The van der Waals surface area contributed by atoms with Crippen LogP contribution in [0.2, 0.25) is 5.04 Å². The van der Waals surface area contributed by atoms with Gasteiger partial charge in [-0.05, 0) is 22.3 Å². The van der Waals surface area contributed by atoms with Gasteiger partial charge in [0.1, 0.15) is 12.7 Å². The molecule has 1 fully saturated rings. The molecule has 0 N–H and O–H groups in total. The minimum atomic E-state index is -2.75. The Morgan fingerprint density at radius 1 is 1.03 bits per heavy atom. The molecule has 30 heavy (non-hydrogen) atoms. The number of hydrogen-bond acceptors (Lipinski definition) is 4. The molecule has 0 bridgehead atoms. The summed E-state index contributed by atoms with van der Waals surface area (Å²) in [4.78, 5) is 11.5. The van der Waals surface area contributed by atoms with E-state index in [1.165, 1.54) is 17.3 Å². The van der Waals surface area contributed by atoms with Gasteiger partial charge in [-0.1, -0.05) is 95.3 Å². The summed E-state index contributed by atoms with van der Waals surface area (Å²) in [6.07, 6.45) is -0.853. The van der Waals surface area contributed by atoms with Crippen molar-refractivity contribution in [2.75, 3.05) is 13.2 Å². The highest BCUT2D eigenvalue weighted by Gasteiger charge is 2.56. The molecule has 0 unspecified atom stereocenters. The number of ether oxygens (including phenoxy) is 2. The third-order valence-corrected chi connectivity index (χ3v) is 10.8. The van der Waals surface area contributed by atoms with E-state index in [1.54, 1.807) is 0 Å². The molecular formula is C25H34O4Si. The Hall–Kier alpha value is -1.79. The lowest BCUT2D eigenvalue weighted by Crippen LogP contribution is -2.69. The van der Waals surface area contributed by atoms with Crippen LogP contribution in [0.4, 0.5) is 0 Å². The highest BCUT2D eigenvalue weighted by atomic mass is 28.4. The Kier molecular flexibility index (Phi) is 6.68. The van der Waals surface area contributed by atoms with Crippen molar-refractivity contribution in [1.29, 1.82) is 0 Å². The number of Topliss-reactive ketones (excluding diaryl/α,β-unsaturated/α-hetero) is 1. The third-order valence-electron chi connectivity index (χ3n) is 5.81. The minimum absolute atomic E-state index is 0.0208. The number of hydrogen-bond donors (Lipinski definition) is 0. The summed E-state index contributed by atoms with van der Waals surface area (Å²) >= 11 is 0. The fraction of sp³-hybridized carbons (Fsp3) is 0.480. The zero-order valence-electron chi connectivity index (χ0n) is 19.0. The maximum atomic E-state index is 11.5. The van der Waals surface area contributed by atoms with Gasteiger partial charge in [0.05, 0.1) is 6.61 Å². The molecule has 1 heterocycles. The van der Waals surface area contributed by atoms with Crippen molar-refractivity contribution in [3.05, 3.63) is 60.7 Å². The molecule has 0 radical (unpaired) electrons. The average molecular weight is 427 g/mol. The summed E-state index contributed by atoms with van der Waals surface area (Å²) < 4.78 is 19.1. The van der Waals surface area contributed by atoms with Crippen LogP contribution < -0.4 is 10.4 Å². The number of carbonyl (C=O) groups is 1. The Morgan fingerprint density at radius 2 is 1.53 bits per heavy atom. The van der Waals surface area contributed by atoms with E-state index < -0.39 is 14.6 Å². The van der Waals surface area contributed by atoms with E-state index >= 15 is 0 Å². The van der Waals surface area contributed by atoms with Gasteiger partial charge in [-0.25, -0.2) is 0 Å². The maximum Gasteiger partial charge on any atom is 0.261 e. The highest BCUT2D eigenvalue weighted by Crippen LogP contribution is 2.43. The predicted molar refractivity (Wildman–Crippen MR) is 123 cm³/mol. The quantitative estimate of drug-likeness (QED) is 0.630. The molecule has 3 rings (SSSR count). The highest BCUT2D eigenvalue weighted by molar-refractivity contribution is 6.99. The van der Waals surface area contributed by atoms with Crippen molar-refractivity contribution < 1.29 is 18.7 Å². The van der Waals surface area contributed by atoms with Crippen LogP contribution in [0.5, 0.6) is 0 Å². The van der Waals surface area contributed by atoms with E-state index in [4.69, 9.17) is 13.9 Å². The van der Waals surface area contributed by atoms with Crippen LogP contribution in [0.1, 0.15) is 41.5 Å². The van der Waals surface area contributed by atoms with Gasteiger partial charge < -0.3 is 13.9 Å². The van der Waals surface area contributed by atoms with E-state index in [9.17, 15) is 4.79 Å². The number of ketones is 1. The van der Waals surface area contributed by atoms with Crippen LogP contribution in [0.25, 0.3) is 0 Å². The standard InChI is InChI=1S/C25H34O4Si/c1-19(26)17-27-23-22(25(5,6)18-28-23)29-30(24(2,3)4,20-13-9-7-10-14-20)21-15-11-8-12-16-21/h7-16,22-23H,17-18H2,1-6H3/t22-,23+/m1/s1. The molecule has 0 spiro atoms. The van der Waals surface area contributed by atoms with Crippen molar-refractivity contribution in [2.45, 2.75) is 59.0 Å². The second-order valence-corrected chi connectivity index (χ2v) is 14.1. The lowest BCUT2D eigenvalue weighted by atomic mass is 9.90. The summed E-state index contributed by atoms with van der Waals surface area (Å²) in [5, 5.41) is 2.30. The minimum Gasteiger partial charge on any atom is -0.399 e. The molecule has 0 saturated carbocycles. The van der Waals surface area contributed by atoms with Crippen LogP contribution in [0.15, 0.2) is 60.7 Å².